The molecular weight excluding hydrogens is 392 g/mol. The maximum atomic E-state index is 12.3. The Balaban J connectivity index is 1.61. The van der Waals surface area contributed by atoms with E-state index >= 15 is 0 Å². The van der Waals surface area contributed by atoms with E-state index in [0.29, 0.717) is 22.1 Å². The molecule has 0 atom stereocenters. The van der Waals surface area contributed by atoms with Crippen LogP contribution in [0, 0.1) is 6.92 Å². The smallest absolute Gasteiger partial charge is 0.314 e. The summed E-state index contributed by atoms with van der Waals surface area (Å²) in [6.45, 7) is 5.78. The number of likely N-dealkylation sites (N-methyl/N-ethyl adjacent to an activating group) is 1. The van der Waals surface area contributed by atoms with Crippen LogP contribution < -0.4 is 20.3 Å². The van der Waals surface area contributed by atoms with Crippen molar-refractivity contribution < 1.29 is 14.3 Å². The van der Waals surface area contributed by atoms with Crippen LogP contribution in [0.2, 0.25) is 5.02 Å². The fourth-order valence-electron chi connectivity index (χ4n) is 3.12. The third-order valence-corrected chi connectivity index (χ3v) is 5.34. The number of carbonyl (C=O) groups excluding carboxylic acids is 2. The Hall–Kier alpha value is -2.77. The Bertz CT molecular complexity index is 894. The summed E-state index contributed by atoms with van der Waals surface area (Å²) in [4.78, 5) is 29.2. The van der Waals surface area contributed by atoms with Gasteiger partial charge in [0.2, 0.25) is 0 Å². The molecule has 0 aliphatic carbocycles. The lowest BCUT2D eigenvalue weighted by atomic mass is 10.2. The summed E-state index contributed by atoms with van der Waals surface area (Å²) in [7, 11) is 3.58. The van der Waals surface area contributed by atoms with Crippen molar-refractivity contribution in [3.8, 4) is 5.75 Å². The van der Waals surface area contributed by atoms with Gasteiger partial charge in [0, 0.05) is 48.6 Å². The van der Waals surface area contributed by atoms with Crippen molar-refractivity contribution in [3.63, 3.8) is 0 Å². The van der Waals surface area contributed by atoms with Gasteiger partial charge in [-0.05, 0) is 49.9 Å². The number of nitrogens with zero attached hydrogens (tertiary/aromatic N) is 2. The number of hydrogen-bond donors (Lipinski definition) is 2. The quantitative estimate of drug-likeness (QED) is 0.749. The van der Waals surface area contributed by atoms with Crippen LogP contribution in [0.1, 0.15) is 5.56 Å². The number of piperazine rings is 1. The van der Waals surface area contributed by atoms with Crippen molar-refractivity contribution in [1.82, 2.24) is 4.90 Å². The molecule has 0 aromatic heterocycles. The molecule has 2 N–H and O–H groups in total. The van der Waals surface area contributed by atoms with Crippen LogP contribution in [0.5, 0.6) is 5.75 Å². The predicted molar refractivity (Wildman–Crippen MR) is 116 cm³/mol. The van der Waals surface area contributed by atoms with E-state index in [1.54, 1.807) is 31.2 Å². The number of halogens is 1. The lowest BCUT2D eigenvalue weighted by molar-refractivity contribution is -0.133. The first-order valence-electron chi connectivity index (χ1n) is 9.37. The molecule has 0 spiro atoms. The standard InChI is InChI=1S/C21H25ClN4O3/c1-14-12-18(19(29-3)13-17(14)22)24-21(28)20(27)23-15-4-6-16(7-5-15)26-10-8-25(2)9-11-26/h4-7,12-13H,8-11H2,1-3H3,(H,23,27)(H,24,28). The summed E-state index contributed by atoms with van der Waals surface area (Å²) < 4.78 is 5.22. The van der Waals surface area contributed by atoms with Crippen molar-refractivity contribution in [2.45, 2.75) is 6.92 Å². The molecular formula is C21H25ClN4O3. The number of anilines is 3. The zero-order chi connectivity index (χ0) is 21.0. The third-order valence-electron chi connectivity index (χ3n) is 4.93. The van der Waals surface area contributed by atoms with Gasteiger partial charge in [0.05, 0.1) is 12.8 Å². The molecule has 3 rings (SSSR count). The molecule has 2 aromatic carbocycles. The van der Waals surface area contributed by atoms with Crippen LogP contribution in [0.4, 0.5) is 17.1 Å². The second kappa shape index (κ2) is 9.15. The Morgan fingerprint density at radius 3 is 2.24 bits per heavy atom. The molecule has 1 heterocycles. The molecule has 8 heteroatoms. The summed E-state index contributed by atoms with van der Waals surface area (Å²) in [5.41, 5.74) is 2.81. The maximum absolute atomic E-state index is 12.3. The predicted octanol–water partition coefficient (Wildman–Crippen LogP) is 2.99. The van der Waals surface area contributed by atoms with Gasteiger partial charge in [-0.2, -0.15) is 0 Å². The largest absolute Gasteiger partial charge is 0.495 e. The van der Waals surface area contributed by atoms with Crippen LogP contribution >= 0.6 is 11.6 Å². The van der Waals surface area contributed by atoms with Gasteiger partial charge in [0.25, 0.3) is 0 Å². The Labute approximate surface area is 175 Å². The highest BCUT2D eigenvalue weighted by atomic mass is 35.5. The first-order chi connectivity index (χ1) is 13.9. The van der Waals surface area contributed by atoms with Gasteiger partial charge >= 0.3 is 11.8 Å². The summed E-state index contributed by atoms with van der Waals surface area (Å²) >= 11 is 6.07. The van der Waals surface area contributed by atoms with Crippen molar-refractivity contribution in [3.05, 3.63) is 47.0 Å². The van der Waals surface area contributed by atoms with E-state index in [-0.39, 0.29) is 0 Å². The normalized spacial score (nSPS) is 14.4. The van der Waals surface area contributed by atoms with Crippen LogP contribution in [0.15, 0.2) is 36.4 Å². The fourth-order valence-corrected chi connectivity index (χ4v) is 3.27. The Kier molecular flexibility index (Phi) is 6.61. The Morgan fingerprint density at radius 2 is 1.62 bits per heavy atom. The molecule has 154 valence electrons. The van der Waals surface area contributed by atoms with Crippen LogP contribution in [-0.4, -0.2) is 57.1 Å². The minimum Gasteiger partial charge on any atom is -0.495 e. The summed E-state index contributed by atoms with van der Waals surface area (Å²) in [6, 6.07) is 10.8. The topological polar surface area (TPSA) is 73.9 Å². The molecule has 0 unspecified atom stereocenters. The Morgan fingerprint density at radius 1 is 1.00 bits per heavy atom. The van der Waals surface area contributed by atoms with Crippen molar-refractivity contribution in [2.24, 2.45) is 0 Å². The zero-order valence-corrected chi connectivity index (χ0v) is 17.5. The van der Waals surface area contributed by atoms with Gasteiger partial charge in [-0.15, -0.1) is 0 Å². The molecule has 7 nitrogen and oxygen atoms in total. The number of aryl methyl sites for hydroxylation is 1. The van der Waals surface area contributed by atoms with Crippen molar-refractivity contribution in [1.29, 1.82) is 0 Å². The molecule has 0 radical (unpaired) electrons. The molecule has 1 aliphatic heterocycles. The van der Waals surface area contributed by atoms with E-state index in [9.17, 15) is 9.59 Å². The number of carbonyl (C=O) groups is 2. The zero-order valence-electron chi connectivity index (χ0n) is 16.8. The third kappa shape index (κ3) is 5.19. The molecule has 1 aliphatic rings. The average molecular weight is 417 g/mol. The number of ether oxygens (including phenoxy) is 1. The molecule has 0 saturated carbocycles. The van der Waals surface area contributed by atoms with Crippen LogP contribution in [0.25, 0.3) is 0 Å². The van der Waals surface area contributed by atoms with Gasteiger partial charge in [0.1, 0.15) is 5.75 Å². The van der Waals surface area contributed by atoms with Gasteiger partial charge in [0.15, 0.2) is 0 Å². The molecule has 2 amide bonds. The van der Waals surface area contributed by atoms with Gasteiger partial charge in [-0.25, -0.2) is 0 Å². The lowest BCUT2D eigenvalue weighted by Crippen LogP contribution is -2.44. The summed E-state index contributed by atoms with van der Waals surface area (Å²) in [6.07, 6.45) is 0. The fraction of sp³-hybridized carbons (Fsp3) is 0.333. The lowest BCUT2D eigenvalue weighted by Gasteiger charge is -2.34. The minimum absolute atomic E-state index is 0.387. The van der Waals surface area contributed by atoms with E-state index < -0.39 is 11.8 Å². The van der Waals surface area contributed by atoms with Gasteiger partial charge in [-0.1, -0.05) is 11.6 Å². The second-order valence-electron chi connectivity index (χ2n) is 7.05. The molecule has 0 bridgehead atoms. The number of methoxy groups -OCH3 is 1. The van der Waals surface area contributed by atoms with E-state index in [0.717, 1.165) is 37.4 Å². The molecule has 1 saturated heterocycles. The summed E-state index contributed by atoms with van der Waals surface area (Å²) in [5, 5.41) is 5.71. The highest BCUT2D eigenvalue weighted by molar-refractivity contribution is 6.43. The first kappa shape index (κ1) is 21.0. The SMILES string of the molecule is COc1cc(Cl)c(C)cc1NC(=O)C(=O)Nc1ccc(N2CCN(C)CC2)cc1. The van der Waals surface area contributed by atoms with Gasteiger partial charge in [-0.3, -0.25) is 9.59 Å². The average Bonchev–Trinajstić information content (AvgIpc) is 2.71. The maximum Gasteiger partial charge on any atom is 0.314 e. The number of amides is 2. The van der Waals surface area contributed by atoms with Crippen molar-refractivity contribution >= 4 is 40.5 Å². The molecule has 2 aromatic rings. The minimum atomic E-state index is -0.784. The van der Waals surface area contributed by atoms with Crippen LogP contribution in [0.3, 0.4) is 0 Å². The van der Waals surface area contributed by atoms with E-state index in [1.165, 1.54) is 7.11 Å². The van der Waals surface area contributed by atoms with E-state index in [1.807, 2.05) is 12.1 Å². The van der Waals surface area contributed by atoms with E-state index in [4.69, 9.17) is 16.3 Å². The van der Waals surface area contributed by atoms with Gasteiger partial charge < -0.3 is 25.2 Å². The highest BCUT2D eigenvalue weighted by Crippen LogP contribution is 2.31. The number of nitrogens with one attached hydrogen (secondary N) is 2. The highest BCUT2D eigenvalue weighted by Gasteiger charge is 2.18. The van der Waals surface area contributed by atoms with Crippen LogP contribution in [-0.2, 0) is 9.59 Å². The number of benzene rings is 2. The number of hydrogen-bond acceptors (Lipinski definition) is 5. The molecule has 1 fully saturated rings. The summed E-state index contributed by atoms with van der Waals surface area (Å²) in [5.74, 6) is -1.15. The second-order valence-corrected chi connectivity index (χ2v) is 7.45. The number of rotatable bonds is 4. The van der Waals surface area contributed by atoms with Crippen molar-refractivity contribution in [2.75, 3.05) is 55.9 Å². The van der Waals surface area contributed by atoms with E-state index in [2.05, 4.69) is 27.5 Å². The molecule has 29 heavy (non-hydrogen) atoms. The first-order valence-corrected chi connectivity index (χ1v) is 9.75. The monoisotopic (exact) mass is 416 g/mol.